The van der Waals surface area contributed by atoms with Gasteiger partial charge in [0, 0.05) is 18.7 Å². The standard InChI is InChI=1S/C27H34N6O7S/c1-19-4-6-20(7-5-19)24-14-21(31-33(24)22-8-10-23(11-9-22)41(28,39)40)15-29-16-25(34)30-12-2-3-13-32(17-26(35)36)18-27(37)38/h4-11,14,29H,2-3,12-13,15-18H2,1H3,(H,30,34)(H,35,36)(H,37,38)(H2,28,39,40). The van der Waals surface area contributed by atoms with Gasteiger partial charge >= 0.3 is 11.9 Å². The number of aromatic nitrogens is 2. The van der Waals surface area contributed by atoms with Gasteiger partial charge in [-0.2, -0.15) is 5.10 Å². The fourth-order valence-corrected chi connectivity index (χ4v) is 4.59. The number of nitrogens with one attached hydrogen (secondary N) is 2. The lowest BCUT2D eigenvalue weighted by atomic mass is 10.1. The summed E-state index contributed by atoms with van der Waals surface area (Å²) in [5.41, 5.74) is 4.11. The molecule has 0 spiro atoms. The van der Waals surface area contributed by atoms with Crippen LogP contribution >= 0.6 is 0 Å². The van der Waals surface area contributed by atoms with Crippen molar-refractivity contribution in [2.75, 3.05) is 32.7 Å². The first-order valence-electron chi connectivity index (χ1n) is 12.8. The summed E-state index contributed by atoms with van der Waals surface area (Å²) in [6.45, 7) is 2.28. The van der Waals surface area contributed by atoms with E-state index in [4.69, 9.17) is 15.4 Å². The maximum atomic E-state index is 12.3. The van der Waals surface area contributed by atoms with Gasteiger partial charge in [-0.3, -0.25) is 19.3 Å². The Kier molecular flexibility index (Phi) is 11.1. The molecule has 3 rings (SSSR count). The summed E-state index contributed by atoms with van der Waals surface area (Å²) in [7, 11) is -3.83. The minimum Gasteiger partial charge on any atom is -0.480 e. The highest BCUT2D eigenvalue weighted by Gasteiger charge is 2.15. The molecule has 13 nitrogen and oxygen atoms in total. The molecule has 0 aliphatic carbocycles. The Balaban J connectivity index is 1.56. The average Bonchev–Trinajstić information content (AvgIpc) is 3.32. The van der Waals surface area contributed by atoms with Gasteiger partial charge in [0.05, 0.1) is 41.6 Å². The fraction of sp³-hybridized carbons (Fsp3) is 0.333. The van der Waals surface area contributed by atoms with Crippen molar-refractivity contribution < 1.29 is 33.0 Å². The first-order chi connectivity index (χ1) is 19.4. The lowest BCUT2D eigenvalue weighted by molar-refractivity contribution is -0.141. The molecule has 0 atom stereocenters. The number of hydrogen-bond acceptors (Lipinski definition) is 8. The van der Waals surface area contributed by atoms with Crippen LogP contribution in [0, 0.1) is 6.92 Å². The second-order valence-electron chi connectivity index (χ2n) is 9.50. The van der Waals surface area contributed by atoms with E-state index in [1.165, 1.54) is 17.0 Å². The second-order valence-corrected chi connectivity index (χ2v) is 11.1. The van der Waals surface area contributed by atoms with Crippen LogP contribution in [0.2, 0.25) is 0 Å². The highest BCUT2D eigenvalue weighted by Crippen LogP contribution is 2.25. The third kappa shape index (κ3) is 10.1. The number of aryl methyl sites for hydroxylation is 1. The van der Waals surface area contributed by atoms with Gasteiger partial charge in [0.1, 0.15) is 0 Å². The number of unbranched alkanes of at least 4 members (excludes halogenated alkanes) is 1. The minimum atomic E-state index is -3.83. The Morgan fingerprint density at radius 1 is 0.976 bits per heavy atom. The van der Waals surface area contributed by atoms with Crippen molar-refractivity contribution in [1.82, 2.24) is 25.3 Å². The van der Waals surface area contributed by atoms with Crippen LogP contribution in [-0.2, 0) is 31.0 Å². The van der Waals surface area contributed by atoms with Crippen molar-refractivity contribution >= 4 is 27.9 Å². The van der Waals surface area contributed by atoms with Crippen molar-refractivity contribution in [2.45, 2.75) is 31.2 Å². The summed E-state index contributed by atoms with van der Waals surface area (Å²) in [6, 6.07) is 15.9. The van der Waals surface area contributed by atoms with Crippen LogP contribution in [0.4, 0.5) is 0 Å². The summed E-state index contributed by atoms with van der Waals surface area (Å²) >= 11 is 0. The van der Waals surface area contributed by atoms with E-state index in [1.54, 1.807) is 16.8 Å². The smallest absolute Gasteiger partial charge is 0.317 e. The third-order valence-electron chi connectivity index (χ3n) is 6.05. The molecule has 3 aromatic rings. The fourth-order valence-electron chi connectivity index (χ4n) is 4.07. The Hall–Kier alpha value is -4.11. The number of sulfonamides is 1. The van der Waals surface area contributed by atoms with Gasteiger partial charge in [0.15, 0.2) is 0 Å². The number of primary sulfonamides is 1. The molecule has 0 fully saturated rings. The first kappa shape index (κ1) is 31.4. The predicted octanol–water partition coefficient (Wildman–Crippen LogP) is 0.952. The Bertz CT molecular complexity index is 1440. The molecule has 0 unspecified atom stereocenters. The van der Waals surface area contributed by atoms with Crippen LogP contribution in [0.3, 0.4) is 0 Å². The Labute approximate surface area is 238 Å². The van der Waals surface area contributed by atoms with Gasteiger partial charge < -0.3 is 20.8 Å². The largest absolute Gasteiger partial charge is 0.480 e. The minimum absolute atomic E-state index is 0.00366. The molecule has 0 aliphatic heterocycles. The molecule has 1 heterocycles. The molecule has 0 aliphatic rings. The molecule has 0 radical (unpaired) electrons. The topological polar surface area (TPSA) is 197 Å². The molecule has 2 aromatic carbocycles. The van der Waals surface area contributed by atoms with Crippen LogP contribution in [-0.4, -0.2) is 83.9 Å². The summed E-state index contributed by atoms with van der Waals surface area (Å²) in [5.74, 6) is -2.42. The monoisotopic (exact) mass is 586 g/mol. The number of carboxylic acid groups (broad SMARTS) is 2. The number of carboxylic acids is 2. The molecule has 0 bridgehead atoms. The van der Waals surface area contributed by atoms with Gasteiger partial charge in [-0.05, 0) is 56.6 Å². The number of hydrogen-bond donors (Lipinski definition) is 5. The molecule has 1 aromatic heterocycles. The second kappa shape index (κ2) is 14.5. The number of nitrogens with zero attached hydrogens (tertiary/aromatic N) is 3. The van der Waals surface area contributed by atoms with E-state index in [0.29, 0.717) is 43.9 Å². The van der Waals surface area contributed by atoms with Crippen molar-refractivity contribution in [1.29, 1.82) is 0 Å². The normalized spacial score (nSPS) is 11.5. The van der Waals surface area contributed by atoms with Crippen LogP contribution < -0.4 is 15.8 Å². The number of amides is 1. The zero-order valence-corrected chi connectivity index (χ0v) is 23.4. The average molecular weight is 587 g/mol. The maximum Gasteiger partial charge on any atom is 0.317 e. The summed E-state index contributed by atoms with van der Waals surface area (Å²) < 4.78 is 25.0. The van der Waals surface area contributed by atoms with Gasteiger partial charge in [-0.1, -0.05) is 29.8 Å². The summed E-state index contributed by atoms with van der Waals surface area (Å²) in [5, 5.41) is 33.5. The summed E-state index contributed by atoms with van der Waals surface area (Å²) in [6.07, 6.45) is 1.10. The zero-order chi connectivity index (χ0) is 30.0. The van der Waals surface area contributed by atoms with E-state index in [0.717, 1.165) is 16.8 Å². The van der Waals surface area contributed by atoms with Crippen LogP contribution in [0.15, 0.2) is 59.5 Å². The third-order valence-corrected chi connectivity index (χ3v) is 6.98. The van der Waals surface area contributed by atoms with Gasteiger partial charge in [-0.15, -0.1) is 0 Å². The van der Waals surface area contributed by atoms with E-state index in [9.17, 15) is 22.8 Å². The van der Waals surface area contributed by atoms with Crippen LogP contribution in [0.5, 0.6) is 0 Å². The number of benzene rings is 2. The summed E-state index contributed by atoms with van der Waals surface area (Å²) in [4.78, 5) is 35.3. The number of aliphatic carboxylic acids is 2. The zero-order valence-electron chi connectivity index (χ0n) is 22.6. The highest BCUT2D eigenvalue weighted by molar-refractivity contribution is 7.89. The molecular weight excluding hydrogens is 552 g/mol. The Morgan fingerprint density at radius 2 is 1.61 bits per heavy atom. The van der Waals surface area contributed by atoms with Crippen molar-refractivity contribution in [2.24, 2.45) is 5.14 Å². The van der Waals surface area contributed by atoms with Crippen molar-refractivity contribution in [3.8, 4) is 16.9 Å². The van der Waals surface area contributed by atoms with E-state index >= 15 is 0 Å². The Morgan fingerprint density at radius 3 is 2.20 bits per heavy atom. The molecular formula is C27H34N6O7S. The number of nitrogens with two attached hydrogens (primary N) is 1. The molecule has 220 valence electrons. The lowest BCUT2D eigenvalue weighted by Crippen LogP contribution is -2.36. The van der Waals surface area contributed by atoms with Crippen LogP contribution in [0.1, 0.15) is 24.1 Å². The van der Waals surface area contributed by atoms with Gasteiger partial charge in [0.25, 0.3) is 0 Å². The number of carbonyl (C=O) groups excluding carboxylic acids is 1. The van der Waals surface area contributed by atoms with E-state index in [2.05, 4.69) is 15.7 Å². The maximum absolute atomic E-state index is 12.3. The SMILES string of the molecule is Cc1ccc(-c2cc(CNCC(=O)NCCCCN(CC(=O)O)CC(=O)O)nn2-c2ccc(S(N)(=O)=O)cc2)cc1. The number of carbonyl (C=O) groups is 3. The van der Waals surface area contributed by atoms with E-state index < -0.39 is 22.0 Å². The lowest BCUT2D eigenvalue weighted by Gasteiger charge is -2.17. The molecule has 1 amide bonds. The molecule has 0 saturated heterocycles. The van der Waals surface area contributed by atoms with Gasteiger partial charge in [0.2, 0.25) is 15.9 Å². The van der Waals surface area contributed by atoms with Crippen molar-refractivity contribution in [3.63, 3.8) is 0 Å². The molecule has 14 heteroatoms. The predicted molar refractivity (Wildman–Crippen MR) is 151 cm³/mol. The van der Waals surface area contributed by atoms with E-state index in [-0.39, 0.29) is 30.4 Å². The first-order valence-corrected chi connectivity index (χ1v) is 14.4. The van der Waals surface area contributed by atoms with Crippen LogP contribution in [0.25, 0.3) is 16.9 Å². The van der Waals surface area contributed by atoms with Crippen molar-refractivity contribution in [3.05, 3.63) is 65.9 Å². The highest BCUT2D eigenvalue weighted by atomic mass is 32.2. The number of rotatable bonds is 16. The van der Waals surface area contributed by atoms with E-state index in [1.807, 2.05) is 37.3 Å². The molecule has 6 N–H and O–H groups in total. The van der Waals surface area contributed by atoms with Gasteiger partial charge in [-0.25, -0.2) is 18.2 Å². The molecule has 0 saturated carbocycles. The molecule has 41 heavy (non-hydrogen) atoms. The quantitative estimate of drug-likeness (QED) is 0.151.